The van der Waals surface area contributed by atoms with Crippen molar-refractivity contribution in [2.45, 2.75) is 19.0 Å². The maximum atomic E-state index is 12.4. The van der Waals surface area contributed by atoms with Gasteiger partial charge in [-0.1, -0.05) is 11.6 Å². The Kier molecular flexibility index (Phi) is 4.36. The van der Waals surface area contributed by atoms with E-state index < -0.39 is 18.2 Å². The number of likely N-dealkylation sites (N-methyl/N-ethyl adjacent to an activating group) is 1. The molecule has 7 nitrogen and oxygen atoms in total. The molecule has 2 aliphatic rings. The average molecular weight is 352 g/mol. The van der Waals surface area contributed by atoms with Gasteiger partial charge in [0.05, 0.1) is 6.54 Å². The van der Waals surface area contributed by atoms with Gasteiger partial charge in [0.2, 0.25) is 11.8 Å². The lowest BCUT2D eigenvalue weighted by atomic mass is 10.0. The van der Waals surface area contributed by atoms with Gasteiger partial charge >= 0.3 is 6.09 Å². The summed E-state index contributed by atoms with van der Waals surface area (Å²) in [4.78, 5) is 41.5. The van der Waals surface area contributed by atoms with Crippen LogP contribution in [0.2, 0.25) is 5.02 Å². The summed E-state index contributed by atoms with van der Waals surface area (Å²) < 4.78 is 5.30. The largest absolute Gasteiger partial charge is 0.415 e. The van der Waals surface area contributed by atoms with Crippen LogP contribution in [-0.4, -0.2) is 71.4 Å². The molecule has 2 heterocycles. The van der Waals surface area contributed by atoms with Crippen molar-refractivity contribution in [2.75, 3.05) is 26.7 Å². The summed E-state index contributed by atoms with van der Waals surface area (Å²) in [7, 11) is 1.60. The number of ether oxygens (including phenoxy) is 1. The Labute approximate surface area is 144 Å². The number of carbonyl (C=O) groups is 3. The van der Waals surface area contributed by atoms with E-state index in [-0.39, 0.29) is 18.4 Å². The zero-order chi connectivity index (χ0) is 17.4. The van der Waals surface area contributed by atoms with Crippen molar-refractivity contribution in [3.63, 3.8) is 0 Å². The van der Waals surface area contributed by atoms with Crippen molar-refractivity contribution >= 4 is 29.5 Å². The SMILES string of the molecule is C[C@H]1C(=O)N2CCN(C(=O)Oc3ccc(Cl)cc3)C[C@@H]2C(=O)N1C. The van der Waals surface area contributed by atoms with Crippen LogP contribution < -0.4 is 4.74 Å². The lowest BCUT2D eigenvalue weighted by Gasteiger charge is -2.47. The molecule has 0 saturated carbocycles. The molecule has 2 saturated heterocycles. The zero-order valence-electron chi connectivity index (χ0n) is 13.4. The summed E-state index contributed by atoms with van der Waals surface area (Å²) in [6.07, 6.45) is -0.543. The molecule has 0 unspecified atom stereocenters. The number of nitrogens with zero attached hydrogens (tertiary/aromatic N) is 3. The molecular formula is C16H18ClN3O4. The molecule has 24 heavy (non-hydrogen) atoms. The maximum absolute atomic E-state index is 12.4. The van der Waals surface area contributed by atoms with Crippen molar-refractivity contribution in [3.8, 4) is 5.75 Å². The highest BCUT2D eigenvalue weighted by Gasteiger charge is 2.45. The standard InChI is InChI=1S/C16H18ClN3O4/c1-10-14(21)20-8-7-19(9-13(20)15(22)18(10)2)16(23)24-12-5-3-11(17)4-6-12/h3-6,10,13H,7-9H2,1-2H3/t10-,13+/m0/s1. The molecular weight excluding hydrogens is 334 g/mol. The van der Waals surface area contributed by atoms with Crippen molar-refractivity contribution in [1.29, 1.82) is 0 Å². The maximum Gasteiger partial charge on any atom is 0.415 e. The Bertz CT molecular complexity index is 678. The highest BCUT2D eigenvalue weighted by atomic mass is 35.5. The molecule has 1 aromatic rings. The smallest absolute Gasteiger partial charge is 0.410 e. The third-order valence-electron chi connectivity index (χ3n) is 4.51. The minimum absolute atomic E-state index is 0.0900. The molecule has 3 rings (SSSR count). The van der Waals surface area contributed by atoms with Crippen LogP contribution in [-0.2, 0) is 9.59 Å². The van der Waals surface area contributed by atoms with Gasteiger partial charge in [0.1, 0.15) is 17.8 Å². The fraction of sp³-hybridized carbons (Fsp3) is 0.438. The Morgan fingerprint density at radius 3 is 2.50 bits per heavy atom. The first kappa shape index (κ1) is 16.6. The second-order valence-corrected chi connectivity index (χ2v) is 6.38. The third-order valence-corrected chi connectivity index (χ3v) is 4.76. The van der Waals surface area contributed by atoms with Crippen molar-refractivity contribution in [2.24, 2.45) is 0 Å². The lowest BCUT2D eigenvalue weighted by Crippen LogP contribution is -2.69. The minimum atomic E-state index is -0.648. The zero-order valence-corrected chi connectivity index (χ0v) is 14.2. The van der Waals surface area contributed by atoms with Crippen molar-refractivity contribution < 1.29 is 19.1 Å². The van der Waals surface area contributed by atoms with E-state index in [1.54, 1.807) is 43.1 Å². The van der Waals surface area contributed by atoms with Crippen LogP contribution in [0.5, 0.6) is 5.75 Å². The van der Waals surface area contributed by atoms with Crippen LogP contribution in [0.25, 0.3) is 0 Å². The molecule has 0 spiro atoms. The summed E-state index contributed by atoms with van der Waals surface area (Å²) in [6.45, 7) is 2.49. The molecule has 0 aromatic heterocycles. The third kappa shape index (κ3) is 2.91. The molecule has 3 amide bonds. The number of amides is 3. The summed E-state index contributed by atoms with van der Waals surface area (Å²) >= 11 is 5.80. The first-order chi connectivity index (χ1) is 11.4. The summed E-state index contributed by atoms with van der Waals surface area (Å²) in [6, 6.07) is 5.33. The minimum Gasteiger partial charge on any atom is -0.410 e. The Morgan fingerprint density at radius 2 is 1.83 bits per heavy atom. The lowest BCUT2D eigenvalue weighted by molar-refractivity contribution is -0.162. The first-order valence-electron chi connectivity index (χ1n) is 7.68. The summed E-state index contributed by atoms with van der Waals surface area (Å²) in [5, 5.41) is 0.548. The van der Waals surface area contributed by atoms with Gasteiger partial charge in [-0.15, -0.1) is 0 Å². The quantitative estimate of drug-likeness (QED) is 0.762. The van der Waals surface area contributed by atoms with Crippen LogP contribution in [0.4, 0.5) is 4.79 Å². The van der Waals surface area contributed by atoms with E-state index in [0.717, 1.165) is 0 Å². The molecule has 0 aliphatic carbocycles. The van der Waals surface area contributed by atoms with Crippen LogP contribution >= 0.6 is 11.6 Å². The second-order valence-electron chi connectivity index (χ2n) is 5.94. The van der Waals surface area contributed by atoms with E-state index in [9.17, 15) is 14.4 Å². The van der Waals surface area contributed by atoms with Gasteiger partial charge < -0.3 is 19.4 Å². The van der Waals surface area contributed by atoms with Gasteiger partial charge in [-0.3, -0.25) is 9.59 Å². The molecule has 2 aliphatic heterocycles. The molecule has 0 bridgehead atoms. The van der Waals surface area contributed by atoms with Gasteiger partial charge in [-0.05, 0) is 31.2 Å². The van der Waals surface area contributed by atoms with Gasteiger partial charge in [0, 0.05) is 25.2 Å². The van der Waals surface area contributed by atoms with Crippen molar-refractivity contribution in [1.82, 2.24) is 14.7 Å². The highest BCUT2D eigenvalue weighted by molar-refractivity contribution is 6.30. The second kappa shape index (κ2) is 6.32. The molecule has 2 fully saturated rings. The molecule has 2 atom stereocenters. The van der Waals surface area contributed by atoms with Crippen LogP contribution in [0, 0.1) is 0 Å². The first-order valence-corrected chi connectivity index (χ1v) is 8.05. The monoisotopic (exact) mass is 351 g/mol. The van der Waals surface area contributed by atoms with Gasteiger partial charge in [-0.25, -0.2) is 4.79 Å². The summed E-state index contributed by atoms with van der Waals surface area (Å²) in [5.41, 5.74) is 0. The fourth-order valence-electron chi connectivity index (χ4n) is 2.92. The van der Waals surface area contributed by atoms with E-state index in [1.165, 1.54) is 9.80 Å². The van der Waals surface area contributed by atoms with Crippen LogP contribution in [0.3, 0.4) is 0 Å². The van der Waals surface area contributed by atoms with E-state index in [2.05, 4.69) is 0 Å². The molecule has 8 heteroatoms. The number of fused-ring (bicyclic) bond motifs is 1. The van der Waals surface area contributed by atoms with E-state index in [0.29, 0.717) is 23.9 Å². The highest BCUT2D eigenvalue weighted by Crippen LogP contribution is 2.22. The van der Waals surface area contributed by atoms with E-state index in [1.807, 2.05) is 0 Å². The van der Waals surface area contributed by atoms with E-state index in [4.69, 9.17) is 16.3 Å². The van der Waals surface area contributed by atoms with Crippen LogP contribution in [0.1, 0.15) is 6.92 Å². The number of hydrogen-bond acceptors (Lipinski definition) is 4. The van der Waals surface area contributed by atoms with Gasteiger partial charge in [0.15, 0.2) is 0 Å². The molecule has 0 N–H and O–H groups in total. The normalized spacial score (nSPS) is 24.0. The molecule has 128 valence electrons. The fourth-order valence-corrected chi connectivity index (χ4v) is 3.05. The molecule has 1 aromatic carbocycles. The number of hydrogen-bond donors (Lipinski definition) is 0. The van der Waals surface area contributed by atoms with Crippen LogP contribution in [0.15, 0.2) is 24.3 Å². The number of halogens is 1. The Morgan fingerprint density at radius 1 is 1.17 bits per heavy atom. The Balaban J connectivity index is 1.69. The van der Waals surface area contributed by atoms with Gasteiger partial charge in [0.25, 0.3) is 0 Å². The number of carbonyl (C=O) groups excluding carboxylic acids is 3. The number of rotatable bonds is 1. The van der Waals surface area contributed by atoms with Crippen molar-refractivity contribution in [3.05, 3.63) is 29.3 Å². The predicted molar refractivity (Wildman–Crippen MR) is 86.8 cm³/mol. The Hall–Kier alpha value is -2.28. The molecule has 0 radical (unpaired) electrons. The number of benzene rings is 1. The topological polar surface area (TPSA) is 70.2 Å². The van der Waals surface area contributed by atoms with E-state index >= 15 is 0 Å². The average Bonchev–Trinajstić information content (AvgIpc) is 2.59. The number of piperazine rings is 2. The van der Waals surface area contributed by atoms with Gasteiger partial charge in [-0.2, -0.15) is 0 Å². The summed E-state index contributed by atoms with van der Waals surface area (Å²) in [5.74, 6) is 0.127. The predicted octanol–water partition coefficient (Wildman–Crippen LogP) is 1.21.